The maximum Gasteiger partial charge on any atom is 0.335 e. The maximum absolute atomic E-state index is 13.9. The third-order valence-corrected chi connectivity index (χ3v) is 12.6. The zero-order valence-corrected chi connectivity index (χ0v) is 32.1. The van der Waals surface area contributed by atoms with E-state index in [0.29, 0.717) is 50.0 Å². The van der Waals surface area contributed by atoms with Crippen molar-refractivity contribution in [1.29, 1.82) is 0 Å². The Bertz CT molecular complexity index is 2160. The van der Waals surface area contributed by atoms with Crippen LogP contribution in [0.4, 0.5) is 17.2 Å². The zero-order valence-electron chi connectivity index (χ0n) is 31.3. The van der Waals surface area contributed by atoms with E-state index in [0.717, 1.165) is 43.5 Å². The maximum atomic E-state index is 13.9. The summed E-state index contributed by atoms with van der Waals surface area (Å²) >= 11 is 0. The van der Waals surface area contributed by atoms with E-state index in [4.69, 9.17) is 10.1 Å². The molecule has 1 aliphatic carbocycles. The van der Waals surface area contributed by atoms with Gasteiger partial charge in [-0.1, -0.05) is 37.3 Å². The molecule has 1 saturated carbocycles. The van der Waals surface area contributed by atoms with Gasteiger partial charge in [-0.15, -0.1) is 0 Å². The first kappa shape index (κ1) is 40.1. The summed E-state index contributed by atoms with van der Waals surface area (Å²) < 4.78 is 29.1. The first-order valence-electron chi connectivity index (χ1n) is 19.1. The van der Waals surface area contributed by atoms with Gasteiger partial charge in [0, 0.05) is 36.9 Å². The van der Waals surface area contributed by atoms with Crippen molar-refractivity contribution < 1.29 is 37.8 Å². The van der Waals surface area contributed by atoms with E-state index in [1.54, 1.807) is 55.5 Å². The first-order valence-corrected chi connectivity index (χ1v) is 20.5. The highest BCUT2D eigenvalue weighted by atomic mass is 32.2. The predicted molar refractivity (Wildman–Crippen MR) is 213 cm³/mol. The number of anilines is 3. The van der Waals surface area contributed by atoms with Crippen LogP contribution in [0.5, 0.6) is 0 Å². The SMILES string of the molecule is CCN(C1CCC(C(=O)O)CC1)S(=O)(=O)c1cccc(C(=O)Nc2ccc(N3CCCCC3)nc2C(=O)Nc2ccc(CCc3ccc(C(=O)O)cc3)cc2)c1. The topological polar surface area (TPSA) is 186 Å². The number of carboxylic acids is 2. The number of aromatic nitrogens is 1. The molecule has 0 unspecified atom stereocenters. The Balaban J connectivity index is 1.17. The zero-order chi connectivity index (χ0) is 39.8. The minimum absolute atomic E-state index is 0.00760. The van der Waals surface area contributed by atoms with E-state index < -0.39 is 39.7 Å². The van der Waals surface area contributed by atoms with Crippen molar-refractivity contribution in [2.45, 2.75) is 75.6 Å². The second kappa shape index (κ2) is 17.9. The van der Waals surface area contributed by atoms with Crippen LogP contribution < -0.4 is 15.5 Å². The first-order chi connectivity index (χ1) is 26.9. The third kappa shape index (κ3) is 9.61. The normalized spacial score (nSPS) is 17.3. The number of aromatic carboxylic acids is 1. The molecule has 0 bridgehead atoms. The number of aryl methyl sites for hydroxylation is 2. The summed E-state index contributed by atoms with van der Waals surface area (Å²) in [5.41, 5.74) is 3.06. The number of carboxylic acid groups (broad SMARTS) is 2. The van der Waals surface area contributed by atoms with Gasteiger partial charge in [0.2, 0.25) is 10.0 Å². The van der Waals surface area contributed by atoms with Crippen LogP contribution in [-0.2, 0) is 27.7 Å². The second-order valence-electron chi connectivity index (χ2n) is 14.3. The van der Waals surface area contributed by atoms with Crippen molar-refractivity contribution in [2.24, 2.45) is 5.92 Å². The number of carbonyl (C=O) groups is 4. The van der Waals surface area contributed by atoms with Crippen molar-refractivity contribution in [3.05, 3.63) is 113 Å². The standard InChI is InChI=1S/C42H47N5O8S/c1-2-47(34-21-17-31(18-22-34)42(52)53)56(54,55)35-8-6-7-32(27-35)39(48)44-36-23-24-37(46-25-4-3-5-26-46)45-38(36)40(49)43-33-19-13-29(14-20-33)10-9-28-11-15-30(16-12-28)41(50)51/h6-8,11-16,19-20,23-24,27,31,34H,2-5,9-10,17-18,21-22,25-26H2,1H3,(H,43,49)(H,44,48)(H,50,51)(H,52,53). The van der Waals surface area contributed by atoms with Gasteiger partial charge in [-0.05, 0) is 124 Å². The van der Waals surface area contributed by atoms with E-state index in [-0.39, 0.29) is 40.0 Å². The third-order valence-electron chi connectivity index (χ3n) is 10.6. The molecule has 1 aromatic heterocycles. The molecule has 1 aliphatic heterocycles. The number of carbonyl (C=O) groups excluding carboxylic acids is 2. The lowest BCUT2D eigenvalue weighted by atomic mass is 9.86. The van der Waals surface area contributed by atoms with E-state index in [2.05, 4.69) is 15.5 Å². The van der Waals surface area contributed by atoms with Crippen LogP contribution in [0.2, 0.25) is 0 Å². The van der Waals surface area contributed by atoms with E-state index in [1.807, 2.05) is 12.1 Å². The number of piperidine rings is 1. The number of sulfonamides is 1. The van der Waals surface area contributed by atoms with Gasteiger partial charge < -0.3 is 25.7 Å². The largest absolute Gasteiger partial charge is 0.481 e. The molecule has 2 heterocycles. The summed E-state index contributed by atoms with van der Waals surface area (Å²) in [6.07, 6.45) is 6.20. The fraction of sp³-hybridized carbons (Fsp3) is 0.357. The number of benzene rings is 3. The summed E-state index contributed by atoms with van der Waals surface area (Å²) in [4.78, 5) is 57.0. The van der Waals surface area contributed by atoms with Gasteiger partial charge in [-0.2, -0.15) is 4.31 Å². The number of nitrogens with one attached hydrogen (secondary N) is 2. The Morgan fingerprint density at radius 1 is 0.768 bits per heavy atom. The lowest BCUT2D eigenvalue weighted by molar-refractivity contribution is -0.143. The number of hydrogen-bond acceptors (Lipinski definition) is 8. The molecule has 6 rings (SSSR count). The van der Waals surface area contributed by atoms with E-state index in [1.165, 1.54) is 28.6 Å². The highest BCUT2D eigenvalue weighted by Gasteiger charge is 2.35. The van der Waals surface area contributed by atoms with Crippen LogP contribution in [0.1, 0.15) is 94.2 Å². The molecule has 0 radical (unpaired) electrons. The van der Waals surface area contributed by atoms with Gasteiger partial charge in [-0.3, -0.25) is 14.4 Å². The predicted octanol–water partition coefficient (Wildman–Crippen LogP) is 6.71. The number of nitrogens with zero attached hydrogens (tertiary/aromatic N) is 3. The quantitative estimate of drug-likeness (QED) is 0.107. The molecule has 2 aliphatic rings. The van der Waals surface area contributed by atoms with Gasteiger partial charge in [0.05, 0.1) is 22.1 Å². The van der Waals surface area contributed by atoms with Crippen molar-refractivity contribution >= 4 is 51.0 Å². The molecule has 0 spiro atoms. The minimum atomic E-state index is -4.01. The highest BCUT2D eigenvalue weighted by molar-refractivity contribution is 7.89. The van der Waals surface area contributed by atoms with Gasteiger partial charge >= 0.3 is 11.9 Å². The molecular weight excluding hydrogens is 735 g/mol. The minimum Gasteiger partial charge on any atom is -0.481 e. The smallest absolute Gasteiger partial charge is 0.335 e. The number of amides is 2. The summed E-state index contributed by atoms with van der Waals surface area (Å²) in [5, 5.41) is 24.2. The van der Waals surface area contributed by atoms with E-state index >= 15 is 0 Å². The summed E-state index contributed by atoms with van der Waals surface area (Å²) in [6, 6.07) is 23.0. The van der Waals surface area contributed by atoms with Crippen molar-refractivity contribution in [3.8, 4) is 0 Å². The lowest BCUT2D eigenvalue weighted by Gasteiger charge is -2.34. The Kier molecular flexibility index (Phi) is 12.8. The summed E-state index contributed by atoms with van der Waals surface area (Å²) in [7, 11) is -4.01. The van der Waals surface area contributed by atoms with E-state index in [9.17, 15) is 32.7 Å². The summed E-state index contributed by atoms with van der Waals surface area (Å²) in [6.45, 7) is 3.53. The molecule has 4 N–H and O–H groups in total. The van der Waals surface area contributed by atoms with Crippen molar-refractivity contribution in [1.82, 2.24) is 9.29 Å². The van der Waals surface area contributed by atoms with Gasteiger partial charge in [0.15, 0.2) is 5.69 Å². The Labute approximate surface area is 326 Å². The molecule has 4 aromatic rings. The molecule has 2 amide bonds. The van der Waals surface area contributed by atoms with Crippen LogP contribution in [0.15, 0.2) is 89.8 Å². The van der Waals surface area contributed by atoms with Gasteiger partial charge in [0.1, 0.15) is 5.82 Å². The van der Waals surface area contributed by atoms with Crippen LogP contribution in [-0.4, -0.2) is 77.3 Å². The number of rotatable bonds is 14. The Morgan fingerprint density at radius 2 is 1.41 bits per heavy atom. The number of hydrogen-bond donors (Lipinski definition) is 4. The molecular formula is C42H47N5O8S. The molecule has 3 aromatic carbocycles. The molecule has 14 heteroatoms. The van der Waals surface area contributed by atoms with Crippen LogP contribution in [0.25, 0.3) is 0 Å². The van der Waals surface area contributed by atoms with Gasteiger partial charge in [-0.25, -0.2) is 18.2 Å². The molecule has 294 valence electrons. The van der Waals surface area contributed by atoms with Crippen LogP contribution in [0, 0.1) is 5.92 Å². The van der Waals surface area contributed by atoms with Crippen molar-refractivity contribution in [3.63, 3.8) is 0 Å². The molecule has 2 fully saturated rings. The Morgan fingerprint density at radius 3 is 2.02 bits per heavy atom. The second-order valence-corrected chi connectivity index (χ2v) is 16.2. The fourth-order valence-corrected chi connectivity index (χ4v) is 9.17. The fourth-order valence-electron chi connectivity index (χ4n) is 7.43. The van der Waals surface area contributed by atoms with Crippen LogP contribution in [0.3, 0.4) is 0 Å². The molecule has 13 nitrogen and oxygen atoms in total. The number of aliphatic carboxylic acids is 1. The summed E-state index contributed by atoms with van der Waals surface area (Å²) in [5.74, 6) is -2.84. The van der Waals surface area contributed by atoms with Gasteiger partial charge in [0.25, 0.3) is 11.8 Å². The lowest BCUT2D eigenvalue weighted by Crippen LogP contribution is -2.42. The average Bonchev–Trinajstić information content (AvgIpc) is 3.21. The number of pyridine rings is 1. The Hall–Kier alpha value is -5.60. The molecule has 1 saturated heterocycles. The van der Waals surface area contributed by atoms with Crippen LogP contribution >= 0.6 is 0 Å². The molecule has 0 atom stereocenters. The highest BCUT2D eigenvalue weighted by Crippen LogP contribution is 2.32. The molecule has 56 heavy (non-hydrogen) atoms. The van der Waals surface area contributed by atoms with Crippen molar-refractivity contribution in [2.75, 3.05) is 35.2 Å². The monoisotopic (exact) mass is 781 g/mol. The average molecular weight is 782 g/mol.